The van der Waals surface area contributed by atoms with Crippen LogP contribution in [0.4, 0.5) is 0 Å². The van der Waals surface area contributed by atoms with Crippen molar-refractivity contribution < 1.29 is 13.9 Å². The Morgan fingerprint density at radius 3 is 2.12 bits per heavy atom. The van der Waals surface area contributed by atoms with Crippen LogP contribution in [0.15, 0.2) is 0 Å². The largest absolute Gasteiger partial charge is 0.417 e. The lowest BCUT2D eigenvalue weighted by atomic mass is 10.2. The zero-order valence-corrected chi connectivity index (χ0v) is 12.6. The van der Waals surface area contributed by atoms with E-state index in [-0.39, 0.29) is 5.04 Å². The summed E-state index contributed by atoms with van der Waals surface area (Å²) in [4.78, 5) is 0. The third kappa shape index (κ3) is 3.55. The van der Waals surface area contributed by atoms with Crippen LogP contribution in [-0.2, 0) is 13.9 Å². The molecule has 0 aliphatic carbocycles. The Hall–Kier alpha value is 0.0969. The smallest absolute Gasteiger partial charge is 0.191 e. The van der Waals surface area contributed by atoms with E-state index in [2.05, 4.69) is 33.9 Å². The highest BCUT2D eigenvalue weighted by Crippen LogP contribution is 2.37. The molecule has 1 aliphatic heterocycles. The van der Waals surface area contributed by atoms with E-state index < -0.39 is 14.1 Å². The fraction of sp³-hybridized carbons (Fsp3) is 1.00. The molecule has 1 heterocycles. The van der Waals surface area contributed by atoms with Crippen LogP contribution in [0.2, 0.25) is 18.1 Å². The summed E-state index contributed by atoms with van der Waals surface area (Å²) in [6, 6.07) is 0. The van der Waals surface area contributed by atoms with E-state index in [1.165, 1.54) is 0 Å². The molecule has 1 saturated heterocycles. The molecule has 0 spiro atoms. The van der Waals surface area contributed by atoms with E-state index in [0.717, 1.165) is 13.0 Å². The van der Waals surface area contributed by atoms with Crippen molar-refractivity contribution in [3.05, 3.63) is 0 Å². The Kier molecular flexibility index (Phi) is 4.22. The van der Waals surface area contributed by atoms with Gasteiger partial charge >= 0.3 is 0 Å². The standard InChI is InChI=1S/C12H26O3Si/c1-11(2,3)16(5,6)15-8-7-12(4)13-9-10-14-12/h7-10H2,1-6H3. The minimum Gasteiger partial charge on any atom is -0.417 e. The van der Waals surface area contributed by atoms with Gasteiger partial charge in [-0.2, -0.15) is 0 Å². The van der Waals surface area contributed by atoms with Crippen LogP contribution < -0.4 is 0 Å². The maximum absolute atomic E-state index is 6.10. The van der Waals surface area contributed by atoms with Gasteiger partial charge in [0.2, 0.25) is 0 Å². The molecule has 0 radical (unpaired) electrons. The van der Waals surface area contributed by atoms with E-state index in [9.17, 15) is 0 Å². The second-order valence-electron chi connectivity index (χ2n) is 6.19. The Morgan fingerprint density at radius 2 is 1.69 bits per heavy atom. The lowest BCUT2D eigenvalue weighted by molar-refractivity contribution is -0.151. The Balaban J connectivity index is 2.35. The second-order valence-corrected chi connectivity index (χ2v) is 11.0. The van der Waals surface area contributed by atoms with E-state index >= 15 is 0 Å². The highest BCUT2D eigenvalue weighted by molar-refractivity contribution is 6.74. The first-order valence-electron chi connectivity index (χ1n) is 6.08. The Bertz CT molecular complexity index is 227. The van der Waals surface area contributed by atoms with Gasteiger partial charge in [0, 0.05) is 13.0 Å². The summed E-state index contributed by atoms with van der Waals surface area (Å²) in [5.74, 6) is -0.414. The molecule has 1 aliphatic rings. The molecule has 0 bridgehead atoms. The molecule has 3 nitrogen and oxygen atoms in total. The lowest BCUT2D eigenvalue weighted by Crippen LogP contribution is -2.42. The van der Waals surface area contributed by atoms with E-state index in [1.54, 1.807) is 0 Å². The first-order chi connectivity index (χ1) is 7.16. The highest BCUT2D eigenvalue weighted by atomic mass is 28.4. The summed E-state index contributed by atoms with van der Waals surface area (Å²) in [6.07, 6.45) is 0.819. The normalized spacial score (nSPS) is 21.4. The topological polar surface area (TPSA) is 27.7 Å². The fourth-order valence-corrected chi connectivity index (χ4v) is 2.45. The molecular weight excluding hydrogens is 220 g/mol. The van der Waals surface area contributed by atoms with Crippen LogP contribution >= 0.6 is 0 Å². The molecule has 0 N–H and O–H groups in total. The first kappa shape index (κ1) is 14.2. The van der Waals surface area contributed by atoms with Gasteiger partial charge < -0.3 is 13.9 Å². The maximum atomic E-state index is 6.10. The fourth-order valence-electron chi connectivity index (χ4n) is 1.41. The predicted molar refractivity (Wildman–Crippen MR) is 68.1 cm³/mol. The van der Waals surface area contributed by atoms with Gasteiger partial charge in [0.05, 0.1) is 13.2 Å². The van der Waals surface area contributed by atoms with Crippen LogP contribution in [0.3, 0.4) is 0 Å². The Labute approximate surface area is 101 Å². The Morgan fingerprint density at radius 1 is 1.19 bits per heavy atom. The number of ether oxygens (including phenoxy) is 2. The van der Waals surface area contributed by atoms with Gasteiger partial charge in [0.15, 0.2) is 14.1 Å². The second kappa shape index (κ2) is 4.76. The van der Waals surface area contributed by atoms with Crippen molar-refractivity contribution in [1.82, 2.24) is 0 Å². The number of hydrogen-bond donors (Lipinski definition) is 0. The average Bonchev–Trinajstić information content (AvgIpc) is 2.50. The zero-order chi connectivity index (χ0) is 12.4. The molecule has 1 rings (SSSR count). The molecule has 4 heteroatoms. The summed E-state index contributed by atoms with van der Waals surface area (Å²) >= 11 is 0. The van der Waals surface area contributed by atoms with Crippen molar-refractivity contribution in [2.75, 3.05) is 19.8 Å². The van der Waals surface area contributed by atoms with Gasteiger partial charge in [0.1, 0.15) is 0 Å². The number of rotatable bonds is 4. The summed E-state index contributed by atoms with van der Waals surface area (Å²) in [6.45, 7) is 15.4. The molecule has 16 heavy (non-hydrogen) atoms. The first-order valence-corrected chi connectivity index (χ1v) is 8.99. The molecule has 0 amide bonds. The summed E-state index contributed by atoms with van der Waals surface area (Å²) < 4.78 is 17.2. The quantitative estimate of drug-likeness (QED) is 0.713. The molecule has 1 fully saturated rings. The minimum atomic E-state index is -1.62. The van der Waals surface area contributed by atoms with Gasteiger partial charge in [-0.25, -0.2) is 0 Å². The molecule has 0 aromatic carbocycles. The van der Waals surface area contributed by atoms with Crippen LogP contribution in [0.5, 0.6) is 0 Å². The highest BCUT2D eigenvalue weighted by Gasteiger charge is 2.38. The zero-order valence-electron chi connectivity index (χ0n) is 11.6. The van der Waals surface area contributed by atoms with E-state index in [0.29, 0.717) is 13.2 Å². The summed E-state index contributed by atoms with van der Waals surface area (Å²) in [5, 5.41) is 0.269. The van der Waals surface area contributed by atoms with Crippen molar-refractivity contribution in [2.45, 2.75) is 58.0 Å². The van der Waals surface area contributed by atoms with Gasteiger partial charge in [-0.15, -0.1) is 0 Å². The van der Waals surface area contributed by atoms with E-state index in [1.807, 2.05) is 6.92 Å². The molecule has 0 atom stereocenters. The monoisotopic (exact) mass is 246 g/mol. The molecule has 0 saturated carbocycles. The average molecular weight is 246 g/mol. The van der Waals surface area contributed by atoms with Crippen molar-refractivity contribution in [2.24, 2.45) is 0 Å². The summed E-state index contributed by atoms with van der Waals surface area (Å²) in [7, 11) is -1.62. The maximum Gasteiger partial charge on any atom is 0.191 e. The van der Waals surface area contributed by atoms with Gasteiger partial charge in [0.25, 0.3) is 0 Å². The van der Waals surface area contributed by atoms with Gasteiger partial charge in [-0.05, 0) is 25.1 Å². The van der Waals surface area contributed by atoms with Crippen LogP contribution in [0.25, 0.3) is 0 Å². The van der Waals surface area contributed by atoms with Crippen molar-refractivity contribution in [3.63, 3.8) is 0 Å². The van der Waals surface area contributed by atoms with Crippen molar-refractivity contribution in [1.29, 1.82) is 0 Å². The molecule has 0 unspecified atom stereocenters. The lowest BCUT2D eigenvalue weighted by Gasteiger charge is -2.37. The van der Waals surface area contributed by atoms with Crippen LogP contribution in [0, 0.1) is 0 Å². The van der Waals surface area contributed by atoms with Crippen molar-refractivity contribution >= 4 is 8.32 Å². The van der Waals surface area contributed by atoms with Gasteiger partial charge in [-0.3, -0.25) is 0 Å². The molecule has 0 aromatic heterocycles. The minimum absolute atomic E-state index is 0.269. The predicted octanol–water partition coefficient (Wildman–Crippen LogP) is 3.16. The SMILES string of the molecule is CC1(CCO[Si](C)(C)C(C)(C)C)OCCO1. The van der Waals surface area contributed by atoms with Crippen molar-refractivity contribution in [3.8, 4) is 0 Å². The van der Waals surface area contributed by atoms with E-state index in [4.69, 9.17) is 13.9 Å². The molecule has 0 aromatic rings. The third-order valence-corrected chi connectivity index (χ3v) is 8.26. The van der Waals surface area contributed by atoms with Gasteiger partial charge in [-0.1, -0.05) is 20.8 Å². The third-order valence-electron chi connectivity index (χ3n) is 3.72. The van der Waals surface area contributed by atoms with Crippen LogP contribution in [-0.4, -0.2) is 33.9 Å². The summed E-state index contributed by atoms with van der Waals surface area (Å²) in [5.41, 5.74) is 0. The number of hydrogen-bond acceptors (Lipinski definition) is 3. The molecular formula is C12H26O3Si. The molecule has 96 valence electrons. The van der Waals surface area contributed by atoms with Crippen LogP contribution in [0.1, 0.15) is 34.1 Å².